The lowest BCUT2D eigenvalue weighted by Crippen LogP contribution is -2.44. The number of rotatable bonds is 10. The minimum absolute atomic E-state index is 0.310. The molecular weight excluding hydrogens is 494 g/mol. The van der Waals surface area contributed by atoms with E-state index >= 15 is 0 Å². The Balaban J connectivity index is 1.57. The van der Waals surface area contributed by atoms with Crippen LogP contribution in [0.15, 0.2) is 24.3 Å². The normalized spacial score (nSPS) is 13.8. The van der Waals surface area contributed by atoms with Crippen LogP contribution < -0.4 is 25.0 Å². The molecule has 1 aromatic carbocycles. The van der Waals surface area contributed by atoms with Gasteiger partial charge < -0.3 is 29.3 Å². The number of nitrogens with one attached hydrogen (secondary N) is 2. The van der Waals surface area contributed by atoms with Crippen LogP contribution in [0, 0.1) is 6.92 Å². The number of piperazine rings is 1. The largest absolute Gasteiger partial charge is 0.493 e. The Morgan fingerprint density at radius 1 is 1.05 bits per heavy atom. The van der Waals surface area contributed by atoms with Crippen LogP contribution in [0.5, 0.6) is 11.5 Å². The lowest BCUT2D eigenvalue weighted by atomic mass is 10.2. The number of aryl methyl sites for hydroxylation is 1. The van der Waals surface area contributed by atoms with E-state index in [0.29, 0.717) is 52.1 Å². The predicted octanol–water partition coefficient (Wildman–Crippen LogP) is 3.54. The van der Waals surface area contributed by atoms with Gasteiger partial charge in [0, 0.05) is 38.8 Å². The summed E-state index contributed by atoms with van der Waals surface area (Å²) < 4.78 is 15.9. The molecule has 11 nitrogen and oxygen atoms in total. The van der Waals surface area contributed by atoms with E-state index in [1.54, 1.807) is 28.1 Å². The smallest absolute Gasteiger partial charge is 0.350 e. The summed E-state index contributed by atoms with van der Waals surface area (Å²) in [7, 11) is 5.35. The van der Waals surface area contributed by atoms with Gasteiger partial charge >= 0.3 is 5.97 Å². The second-order valence-electron chi connectivity index (χ2n) is 8.55. The summed E-state index contributed by atoms with van der Waals surface area (Å²) in [4.78, 5) is 31.1. The van der Waals surface area contributed by atoms with Crippen LogP contribution in [0.1, 0.15) is 27.9 Å². The first-order valence-electron chi connectivity index (χ1n) is 12.1. The van der Waals surface area contributed by atoms with Crippen molar-refractivity contribution in [3.63, 3.8) is 0 Å². The van der Waals surface area contributed by atoms with Crippen LogP contribution in [0.3, 0.4) is 0 Å². The summed E-state index contributed by atoms with van der Waals surface area (Å²) in [5.41, 5.74) is 1.62. The van der Waals surface area contributed by atoms with Crippen LogP contribution in [-0.2, 0) is 11.3 Å². The van der Waals surface area contributed by atoms with Gasteiger partial charge in [-0.25, -0.2) is 9.78 Å². The monoisotopic (exact) mass is 527 g/mol. The van der Waals surface area contributed by atoms with E-state index in [1.165, 1.54) is 11.3 Å². The Labute approximate surface area is 220 Å². The molecule has 3 heterocycles. The van der Waals surface area contributed by atoms with E-state index in [9.17, 15) is 4.79 Å². The van der Waals surface area contributed by atoms with E-state index in [0.717, 1.165) is 37.6 Å². The molecule has 1 fully saturated rings. The number of carbonyl (C=O) groups excluding carboxylic acids is 1. The molecule has 2 N–H and O–H groups in total. The van der Waals surface area contributed by atoms with E-state index in [4.69, 9.17) is 19.2 Å². The van der Waals surface area contributed by atoms with Gasteiger partial charge in [-0.15, -0.1) is 0 Å². The lowest BCUT2D eigenvalue weighted by Gasteiger charge is -2.33. The van der Waals surface area contributed by atoms with Crippen molar-refractivity contribution in [2.45, 2.75) is 20.4 Å². The summed E-state index contributed by atoms with van der Waals surface area (Å²) >= 11 is 1.22. The molecule has 1 aliphatic rings. The number of aromatic nitrogens is 3. The highest BCUT2D eigenvalue weighted by atomic mass is 32.1. The molecule has 37 heavy (non-hydrogen) atoms. The van der Waals surface area contributed by atoms with E-state index in [1.807, 2.05) is 24.3 Å². The molecule has 4 rings (SSSR count). The molecule has 0 atom stereocenters. The van der Waals surface area contributed by atoms with E-state index < -0.39 is 0 Å². The minimum Gasteiger partial charge on any atom is -0.493 e. The van der Waals surface area contributed by atoms with Crippen molar-refractivity contribution in [1.82, 2.24) is 19.9 Å². The van der Waals surface area contributed by atoms with Crippen LogP contribution >= 0.6 is 11.3 Å². The topological polar surface area (TPSA) is 114 Å². The first-order valence-corrected chi connectivity index (χ1v) is 12.9. The fourth-order valence-corrected chi connectivity index (χ4v) is 4.75. The molecular formula is C25H33N7O4S. The van der Waals surface area contributed by atoms with Gasteiger partial charge in [-0.2, -0.15) is 9.97 Å². The van der Waals surface area contributed by atoms with Gasteiger partial charge in [-0.1, -0.05) is 17.4 Å². The second kappa shape index (κ2) is 12.1. The third-order valence-electron chi connectivity index (χ3n) is 5.94. The zero-order chi connectivity index (χ0) is 26.4. The fourth-order valence-electron chi connectivity index (χ4n) is 3.89. The van der Waals surface area contributed by atoms with Crippen molar-refractivity contribution in [3.8, 4) is 11.5 Å². The number of esters is 1. The first kappa shape index (κ1) is 26.4. The van der Waals surface area contributed by atoms with Gasteiger partial charge in [0.1, 0.15) is 16.5 Å². The number of likely N-dealkylation sites (N-methyl/N-ethyl adjacent to an activating group) is 1. The van der Waals surface area contributed by atoms with Crippen LogP contribution in [-0.4, -0.2) is 79.9 Å². The first-order chi connectivity index (χ1) is 17.9. The molecule has 198 valence electrons. The van der Waals surface area contributed by atoms with E-state index in [2.05, 4.69) is 37.4 Å². The molecule has 0 bridgehead atoms. The van der Waals surface area contributed by atoms with Gasteiger partial charge in [0.05, 0.1) is 26.5 Å². The zero-order valence-electron chi connectivity index (χ0n) is 21.8. The van der Waals surface area contributed by atoms with Crippen molar-refractivity contribution in [1.29, 1.82) is 0 Å². The Morgan fingerprint density at radius 2 is 1.81 bits per heavy atom. The maximum atomic E-state index is 12.2. The Morgan fingerprint density at radius 3 is 2.51 bits per heavy atom. The summed E-state index contributed by atoms with van der Waals surface area (Å²) in [5, 5.41) is 7.12. The second-order valence-corrected chi connectivity index (χ2v) is 9.55. The molecule has 12 heteroatoms. The minimum atomic E-state index is -0.380. The quantitative estimate of drug-likeness (QED) is 0.377. The molecule has 0 amide bonds. The number of thiazole rings is 1. The zero-order valence-corrected chi connectivity index (χ0v) is 22.6. The molecule has 0 saturated carbocycles. The molecule has 2 aromatic heterocycles. The summed E-state index contributed by atoms with van der Waals surface area (Å²) in [6.45, 7) is 8.04. The van der Waals surface area contributed by atoms with Gasteiger partial charge in [0.2, 0.25) is 5.95 Å². The van der Waals surface area contributed by atoms with Crippen molar-refractivity contribution >= 4 is 40.0 Å². The highest BCUT2D eigenvalue weighted by Crippen LogP contribution is 2.29. The number of anilines is 4. The van der Waals surface area contributed by atoms with Crippen LogP contribution in [0.4, 0.5) is 22.7 Å². The molecule has 0 unspecified atom stereocenters. The molecule has 1 aliphatic heterocycles. The van der Waals surface area contributed by atoms with Crippen LogP contribution in [0.2, 0.25) is 0 Å². The predicted molar refractivity (Wildman–Crippen MR) is 145 cm³/mol. The number of nitrogens with zero attached hydrogens (tertiary/aromatic N) is 5. The summed E-state index contributed by atoms with van der Waals surface area (Å²) in [6, 6.07) is 7.74. The van der Waals surface area contributed by atoms with Crippen molar-refractivity contribution in [3.05, 3.63) is 40.4 Å². The summed E-state index contributed by atoms with van der Waals surface area (Å²) in [5.74, 6) is 2.85. The molecule has 0 radical (unpaired) electrons. The molecule has 0 aliphatic carbocycles. The maximum Gasteiger partial charge on any atom is 0.350 e. The lowest BCUT2D eigenvalue weighted by molar-refractivity contribution is 0.0531. The molecule has 3 aromatic rings. The number of methoxy groups -OCH3 is 2. The Kier molecular flexibility index (Phi) is 8.62. The highest BCUT2D eigenvalue weighted by molar-refractivity contribution is 7.17. The molecule has 1 saturated heterocycles. The number of hydrogen-bond donors (Lipinski definition) is 2. The Bertz CT molecular complexity index is 1230. The highest BCUT2D eigenvalue weighted by Gasteiger charge is 2.20. The van der Waals surface area contributed by atoms with Crippen LogP contribution in [0.25, 0.3) is 0 Å². The maximum absolute atomic E-state index is 12.2. The number of hydrogen-bond acceptors (Lipinski definition) is 12. The fraction of sp³-hybridized carbons (Fsp3) is 0.440. The van der Waals surface area contributed by atoms with Gasteiger partial charge in [0.15, 0.2) is 16.6 Å². The molecule has 0 spiro atoms. The van der Waals surface area contributed by atoms with Crippen molar-refractivity contribution < 1.29 is 19.0 Å². The SMILES string of the molecule is CCOC(=O)c1sc(Nc2nc(NCc3ccc(OC)c(OC)c3)cc(N3CCN(C)CC3)n2)nc1C. The Hall–Kier alpha value is -3.64. The average Bonchev–Trinajstić information content (AvgIpc) is 3.27. The summed E-state index contributed by atoms with van der Waals surface area (Å²) in [6.07, 6.45) is 0. The van der Waals surface area contributed by atoms with Gasteiger partial charge in [0.25, 0.3) is 0 Å². The third kappa shape index (κ3) is 6.57. The van der Waals surface area contributed by atoms with Crippen molar-refractivity contribution in [2.24, 2.45) is 0 Å². The van der Waals surface area contributed by atoms with Gasteiger partial charge in [-0.05, 0) is 38.6 Å². The number of benzene rings is 1. The van der Waals surface area contributed by atoms with E-state index in [-0.39, 0.29) is 5.97 Å². The number of carbonyl (C=O) groups is 1. The van der Waals surface area contributed by atoms with Crippen molar-refractivity contribution in [2.75, 3.05) is 69.6 Å². The van der Waals surface area contributed by atoms with Gasteiger partial charge in [-0.3, -0.25) is 5.32 Å². The average molecular weight is 528 g/mol. The number of ether oxygens (including phenoxy) is 3. The standard InChI is InChI=1S/C25H33N7O4S/c1-6-36-23(33)22-16(2)27-25(37-22)30-24-28-20(14-21(29-24)32-11-9-31(3)10-12-32)26-15-17-7-8-18(34-4)19(13-17)35-5/h7-8,13-14H,6,9-12,15H2,1-5H3,(H2,26,27,28,29,30). The third-order valence-corrected chi connectivity index (χ3v) is 6.99.